The van der Waals surface area contributed by atoms with E-state index in [1.165, 1.54) is 38.2 Å². The van der Waals surface area contributed by atoms with Crippen LogP contribution in [0.15, 0.2) is 18.2 Å². The van der Waals surface area contributed by atoms with Crippen molar-refractivity contribution in [3.05, 3.63) is 23.2 Å². The number of piperidine rings is 1. The van der Waals surface area contributed by atoms with Crippen molar-refractivity contribution in [2.24, 2.45) is 11.8 Å². The molecule has 0 radical (unpaired) electrons. The molecule has 1 aliphatic heterocycles. The molecule has 1 saturated heterocycles. The van der Waals surface area contributed by atoms with Crippen LogP contribution in [-0.4, -0.2) is 48.0 Å². The van der Waals surface area contributed by atoms with Crippen LogP contribution < -0.4 is 10.6 Å². The van der Waals surface area contributed by atoms with Gasteiger partial charge in [-0.3, -0.25) is 14.5 Å². The minimum absolute atomic E-state index is 0.00447. The van der Waals surface area contributed by atoms with E-state index in [0.717, 1.165) is 19.6 Å². The molecule has 3 N–H and O–H groups in total. The average Bonchev–Trinajstić information content (AvgIpc) is 2.70. The van der Waals surface area contributed by atoms with Crippen molar-refractivity contribution in [1.82, 2.24) is 10.2 Å². The van der Waals surface area contributed by atoms with Crippen LogP contribution >= 0.6 is 11.6 Å². The third-order valence-corrected chi connectivity index (χ3v) is 6.09. The van der Waals surface area contributed by atoms with Crippen LogP contribution in [0.3, 0.4) is 0 Å². The van der Waals surface area contributed by atoms with E-state index in [1.54, 1.807) is 12.1 Å². The number of phenolic OH excluding ortho intramolecular Hbond substituents is 1. The Morgan fingerprint density at radius 3 is 2.54 bits per heavy atom. The van der Waals surface area contributed by atoms with E-state index in [9.17, 15) is 14.7 Å². The third kappa shape index (κ3) is 6.11. The molecule has 154 valence electrons. The van der Waals surface area contributed by atoms with Gasteiger partial charge in [-0.05, 0) is 62.9 Å². The molecular weight excluding hydrogens is 378 g/mol. The Bertz CT molecular complexity index is 683. The van der Waals surface area contributed by atoms with Gasteiger partial charge in [-0.25, -0.2) is 0 Å². The topological polar surface area (TPSA) is 81.7 Å². The van der Waals surface area contributed by atoms with Crippen LogP contribution in [0.25, 0.3) is 0 Å². The number of hydrogen-bond acceptors (Lipinski definition) is 4. The summed E-state index contributed by atoms with van der Waals surface area (Å²) in [7, 11) is 0. The number of aromatic hydroxyl groups is 1. The number of hydrogen-bond donors (Lipinski definition) is 3. The highest BCUT2D eigenvalue weighted by molar-refractivity contribution is 6.31. The van der Waals surface area contributed by atoms with Crippen molar-refractivity contribution in [3.8, 4) is 5.75 Å². The second-order valence-electron chi connectivity index (χ2n) is 8.01. The van der Waals surface area contributed by atoms with Crippen molar-refractivity contribution in [1.29, 1.82) is 0 Å². The first-order chi connectivity index (χ1) is 13.5. The van der Waals surface area contributed by atoms with E-state index in [-0.39, 0.29) is 23.5 Å². The third-order valence-electron chi connectivity index (χ3n) is 5.85. The van der Waals surface area contributed by atoms with Gasteiger partial charge in [-0.2, -0.15) is 0 Å². The molecule has 6 nitrogen and oxygen atoms in total. The van der Waals surface area contributed by atoms with Crippen LogP contribution in [0.2, 0.25) is 5.02 Å². The maximum atomic E-state index is 12.5. The SMILES string of the molecule is O=C(CN1CCC(C(=O)Nc2cc(Cl)ccc2O)CC1)NCC1CCCCC1. The molecule has 1 aromatic carbocycles. The zero-order valence-electron chi connectivity index (χ0n) is 16.3. The number of halogens is 1. The van der Waals surface area contributed by atoms with Gasteiger partial charge < -0.3 is 15.7 Å². The summed E-state index contributed by atoms with van der Waals surface area (Å²) in [6.07, 6.45) is 7.73. The van der Waals surface area contributed by atoms with Gasteiger partial charge in [0, 0.05) is 17.5 Å². The second kappa shape index (κ2) is 10.1. The minimum Gasteiger partial charge on any atom is -0.506 e. The molecule has 2 amide bonds. The predicted octanol–water partition coefficient (Wildman–Crippen LogP) is 3.39. The van der Waals surface area contributed by atoms with Crippen LogP contribution in [0.5, 0.6) is 5.75 Å². The number of rotatable bonds is 6. The number of nitrogens with zero attached hydrogens (tertiary/aromatic N) is 1. The lowest BCUT2D eigenvalue weighted by molar-refractivity contribution is -0.123. The standard InChI is InChI=1S/C21H30ClN3O3/c22-17-6-7-19(26)18(12-17)24-21(28)16-8-10-25(11-9-16)14-20(27)23-13-15-4-2-1-3-5-15/h6-7,12,15-16,26H,1-5,8-11,13-14H2,(H,23,27)(H,24,28). The van der Waals surface area contributed by atoms with E-state index < -0.39 is 0 Å². The Labute approximate surface area is 171 Å². The summed E-state index contributed by atoms with van der Waals surface area (Å²) >= 11 is 5.92. The highest BCUT2D eigenvalue weighted by Gasteiger charge is 2.26. The first kappa shape index (κ1) is 20.9. The summed E-state index contributed by atoms with van der Waals surface area (Å²) in [5.41, 5.74) is 0.335. The van der Waals surface area contributed by atoms with Crippen LogP contribution in [-0.2, 0) is 9.59 Å². The lowest BCUT2D eigenvalue weighted by atomic mass is 9.89. The fraction of sp³-hybridized carbons (Fsp3) is 0.619. The molecule has 0 unspecified atom stereocenters. The van der Waals surface area contributed by atoms with Crippen molar-refractivity contribution >= 4 is 29.1 Å². The molecule has 1 aromatic rings. The van der Waals surface area contributed by atoms with E-state index >= 15 is 0 Å². The molecule has 1 saturated carbocycles. The van der Waals surface area contributed by atoms with Crippen molar-refractivity contribution in [2.45, 2.75) is 44.9 Å². The minimum atomic E-state index is -0.125. The summed E-state index contributed by atoms with van der Waals surface area (Å²) < 4.78 is 0. The molecule has 0 aromatic heterocycles. The van der Waals surface area contributed by atoms with Gasteiger partial charge in [-0.15, -0.1) is 0 Å². The number of carbonyl (C=O) groups excluding carboxylic acids is 2. The highest BCUT2D eigenvalue weighted by Crippen LogP contribution is 2.28. The number of nitrogens with one attached hydrogen (secondary N) is 2. The molecule has 7 heteroatoms. The maximum absolute atomic E-state index is 12.5. The summed E-state index contributed by atoms with van der Waals surface area (Å²) in [6, 6.07) is 4.58. The predicted molar refractivity (Wildman–Crippen MR) is 110 cm³/mol. The van der Waals surface area contributed by atoms with E-state index in [1.807, 2.05) is 0 Å². The molecule has 0 atom stereocenters. The lowest BCUT2D eigenvalue weighted by Crippen LogP contribution is -2.44. The normalized spacial score (nSPS) is 19.3. The monoisotopic (exact) mass is 407 g/mol. The summed E-state index contributed by atoms with van der Waals surface area (Å²) in [5, 5.41) is 16.1. The number of amides is 2. The molecule has 0 spiro atoms. The lowest BCUT2D eigenvalue weighted by Gasteiger charge is -2.31. The molecule has 28 heavy (non-hydrogen) atoms. The van der Waals surface area contributed by atoms with E-state index in [0.29, 0.717) is 36.0 Å². The summed E-state index contributed by atoms with van der Waals surface area (Å²) in [4.78, 5) is 26.8. The zero-order chi connectivity index (χ0) is 19.9. The quantitative estimate of drug-likeness (QED) is 0.631. The number of anilines is 1. The average molecular weight is 408 g/mol. The van der Waals surface area contributed by atoms with Crippen molar-refractivity contribution in [3.63, 3.8) is 0 Å². The van der Waals surface area contributed by atoms with E-state index in [2.05, 4.69) is 15.5 Å². The van der Waals surface area contributed by atoms with Crippen molar-refractivity contribution in [2.75, 3.05) is 31.5 Å². The van der Waals surface area contributed by atoms with Gasteiger partial charge in [0.05, 0.1) is 12.2 Å². The molecule has 3 rings (SSSR count). The molecule has 2 fully saturated rings. The smallest absolute Gasteiger partial charge is 0.234 e. The van der Waals surface area contributed by atoms with Gasteiger partial charge in [-0.1, -0.05) is 30.9 Å². The van der Waals surface area contributed by atoms with Gasteiger partial charge in [0.15, 0.2) is 0 Å². The maximum Gasteiger partial charge on any atom is 0.234 e. The second-order valence-corrected chi connectivity index (χ2v) is 8.45. The van der Waals surface area contributed by atoms with Crippen LogP contribution in [0.4, 0.5) is 5.69 Å². The Hall–Kier alpha value is -1.79. The first-order valence-electron chi connectivity index (χ1n) is 10.3. The summed E-state index contributed by atoms with van der Waals surface area (Å²) in [5.74, 6) is 0.482. The molecule has 0 bridgehead atoms. The highest BCUT2D eigenvalue weighted by atomic mass is 35.5. The van der Waals surface area contributed by atoms with Crippen LogP contribution in [0, 0.1) is 11.8 Å². The number of benzene rings is 1. The van der Waals surface area contributed by atoms with Gasteiger partial charge >= 0.3 is 0 Å². The largest absolute Gasteiger partial charge is 0.506 e. The van der Waals surface area contributed by atoms with Gasteiger partial charge in [0.1, 0.15) is 5.75 Å². The Balaban J connectivity index is 1.38. The Morgan fingerprint density at radius 2 is 1.82 bits per heavy atom. The van der Waals surface area contributed by atoms with Gasteiger partial charge in [0.25, 0.3) is 0 Å². The van der Waals surface area contributed by atoms with E-state index in [4.69, 9.17) is 11.6 Å². The molecule has 1 heterocycles. The fourth-order valence-electron chi connectivity index (χ4n) is 4.10. The Morgan fingerprint density at radius 1 is 1.11 bits per heavy atom. The molecule has 1 aliphatic carbocycles. The molecular formula is C21H30ClN3O3. The van der Waals surface area contributed by atoms with Gasteiger partial charge in [0.2, 0.25) is 11.8 Å². The number of phenols is 1. The Kier molecular flexibility index (Phi) is 7.57. The first-order valence-corrected chi connectivity index (χ1v) is 10.7. The fourth-order valence-corrected chi connectivity index (χ4v) is 4.28. The van der Waals surface area contributed by atoms with Crippen molar-refractivity contribution < 1.29 is 14.7 Å². The molecule has 2 aliphatic rings. The summed E-state index contributed by atoms with van der Waals surface area (Å²) in [6.45, 7) is 2.63. The van der Waals surface area contributed by atoms with Crippen LogP contribution in [0.1, 0.15) is 44.9 Å². The number of likely N-dealkylation sites (tertiary alicyclic amines) is 1. The zero-order valence-corrected chi connectivity index (χ0v) is 17.0. The number of carbonyl (C=O) groups is 2.